The Morgan fingerprint density at radius 2 is 2.03 bits per heavy atom. The zero-order valence-corrected chi connectivity index (χ0v) is 17.0. The van der Waals surface area contributed by atoms with Crippen LogP contribution in [0.4, 0.5) is 0 Å². The summed E-state index contributed by atoms with van der Waals surface area (Å²) in [5, 5.41) is 2.76. The lowest BCUT2D eigenvalue weighted by Gasteiger charge is -2.30. The average molecular weight is 396 g/mol. The normalized spacial score (nSPS) is 14.6. The monoisotopic (exact) mass is 396 g/mol. The van der Waals surface area contributed by atoms with E-state index in [-0.39, 0.29) is 24.3 Å². The molecule has 0 bridgehead atoms. The van der Waals surface area contributed by atoms with Gasteiger partial charge in [-0.15, -0.1) is 0 Å². The number of nitrogens with zero attached hydrogens (tertiary/aromatic N) is 1. The second kappa shape index (κ2) is 9.96. The largest absolute Gasteiger partial charge is 0.497 e. The molecule has 1 heterocycles. The fourth-order valence-corrected chi connectivity index (χ4v) is 3.26. The summed E-state index contributed by atoms with van der Waals surface area (Å²) in [6, 6.07) is 11.5. The van der Waals surface area contributed by atoms with Crippen molar-refractivity contribution in [1.29, 1.82) is 0 Å². The predicted octanol–water partition coefficient (Wildman–Crippen LogP) is 3.64. The summed E-state index contributed by atoms with van der Waals surface area (Å²) in [4.78, 5) is 26.7. The number of rotatable bonds is 10. The standard InChI is InChI=1S/C23H28N2O4/c1-17(19-7-8-19)25(16-18-5-9-20(28-2)10-6-18)23(27)13-14-24-22(26)12-11-21-4-3-15-29-21/h3-6,9-12,15,17,19H,7-8,13-14,16H2,1-2H3,(H,24,26)/b12-11+. The molecule has 154 valence electrons. The molecule has 29 heavy (non-hydrogen) atoms. The van der Waals surface area contributed by atoms with E-state index >= 15 is 0 Å². The Kier molecular flexibility index (Phi) is 7.11. The maximum atomic E-state index is 12.9. The van der Waals surface area contributed by atoms with E-state index in [1.54, 1.807) is 31.6 Å². The number of methoxy groups -OCH3 is 1. The number of carbonyl (C=O) groups excluding carboxylic acids is 2. The van der Waals surface area contributed by atoms with Crippen LogP contribution in [0.3, 0.4) is 0 Å². The number of ether oxygens (including phenoxy) is 1. The zero-order valence-electron chi connectivity index (χ0n) is 17.0. The van der Waals surface area contributed by atoms with Crippen LogP contribution < -0.4 is 10.1 Å². The molecule has 2 amide bonds. The number of benzene rings is 1. The second-order valence-electron chi connectivity index (χ2n) is 7.34. The molecule has 0 radical (unpaired) electrons. The molecule has 0 saturated heterocycles. The second-order valence-corrected chi connectivity index (χ2v) is 7.34. The van der Waals surface area contributed by atoms with Gasteiger partial charge >= 0.3 is 0 Å². The topological polar surface area (TPSA) is 71.8 Å². The van der Waals surface area contributed by atoms with E-state index in [9.17, 15) is 9.59 Å². The predicted molar refractivity (Wildman–Crippen MR) is 111 cm³/mol. The van der Waals surface area contributed by atoms with Crippen LogP contribution in [0.5, 0.6) is 5.75 Å². The van der Waals surface area contributed by atoms with Crippen molar-refractivity contribution >= 4 is 17.9 Å². The Labute approximate surface area is 171 Å². The Bertz CT molecular complexity index is 823. The van der Waals surface area contributed by atoms with E-state index in [0.717, 1.165) is 11.3 Å². The van der Waals surface area contributed by atoms with Gasteiger partial charge in [0.2, 0.25) is 11.8 Å². The Balaban J connectivity index is 1.52. The van der Waals surface area contributed by atoms with E-state index in [0.29, 0.717) is 24.8 Å². The van der Waals surface area contributed by atoms with Gasteiger partial charge in [-0.25, -0.2) is 0 Å². The first-order chi connectivity index (χ1) is 14.1. The van der Waals surface area contributed by atoms with Crippen molar-refractivity contribution < 1.29 is 18.7 Å². The van der Waals surface area contributed by atoms with E-state index in [1.807, 2.05) is 29.2 Å². The smallest absolute Gasteiger partial charge is 0.244 e. The maximum absolute atomic E-state index is 12.9. The minimum Gasteiger partial charge on any atom is -0.497 e. The van der Waals surface area contributed by atoms with Gasteiger partial charge in [0.1, 0.15) is 11.5 Å². The van der Waals surface area contributed by atoms with Crippen molar-refractivity contribution in [3.8, 4) is 5.75 Å². The summed E-state index contributed by atoms with van der Waals surface area (Å²) in [6.07, 6.45) is 7.17. The van der Waals surface area contributed by atoms with Crippen LogP contribution in [0.2, 0.25) is 0 Å². The molecule has 1 aromatic carbocycles. The molecule has 1 aliphatic carbocycles. The fraction of sp³-hybridized carbons (Fsp3) is 0.391. The van der Waals surface area contributed by atoms with Gasteiger partial charge in [0.05, 0.1) is 13.4 Å². The number of furan rings is 1. The molecule has 1 fully saturated rings. The Hall–Kier alpha value is -3.02. The van der Waals surface area contributed by atoms with Gasteiger partial charge in [0.15, 0.2) is 0 Å². The molecular formula is C23H28N2O4. The first kappa shape index (κ1) is 20.7. The molecule has 3 rings (SSSR count). The van der Waals surface area contributed by atoms with E-state index in [4.69, 9.17) is 9.15 Å². The van der Waals surface area contributed by atoms with Gasteiger partial charge in [-0.2, -0.15) is 0 Å². The first-order valence-electron chi connectivity index (χ1n) is 9.98. The van der Waals surface area contributed by atoms with E-state index < -0.39 is 0 Å². The molecule has 0 spiro atoms. The highest BCUT2D eigenvalue weighted by atomic mass is 16.5. The highest BCUT2D eigenvalue weighted by Crippen LogP contribution is 2.36. The van der Waals surface area contributed by atoms with Gasteiger partial charge in [0, 0.05) is 31.6 Å². The lowest BCUT2D eigenvalue weighted by atomic mass is 10.1. The molecule has 1 aromatic heterocycles. The molecule has 6 nitrogen and oxygen atoms in total. The number of nitrogens with one attached hydrogen (secondary N) is 1. The summed E-state index contributed by atoms with van der Waals surface area (Å²) >= 11 is 0. The summed E-state index contributed by atoms with van der Waals surface area (Å²) in [5.41, 5.74) is 1.07. The lowest BCUT2D eigenvalue weighted by molar-refractivity contribution is -0.134. The Morgan fingerprint density at radius 1 is 1.28 bits per heavy atom. The van der Waals surface area contributed by atoms with E-state index in [1.165, 1.54) is 18.9 Å². The van der Waals surface area contributed by atoms with Crippen LogP contribution in [0.1, 0.15) is 37.5 Å². The first-order valence-corrected chi connectivity index (χ1v) is 9.98. The summed E-state index contributed by atoms with van der Waals surface area (Å²) in [6.45, 7) is 2.98. The van der Waals surface area contributed by atoms with Gasteiger partial charge in [0.25, 0.3) is 0 Å². The van der Waals surface area contributed by atoms with Crippen molar-refractivity contribution in [3.63, 3.8) is 0 Å². The maximum Gasteiger partial charge on any atom is 0.244 e. The molecule has 1 atom stereocenters. The minimum absolute atomic E-state index is 0.0514. The van der Waals surface area contributed by atoms with Gasteiger partial charge in [-0.1, -0.05) is 12.1 Å². The van der Waals surface area contributed by atoms with Crippen LogP contribution in [-0.4, -0.2) is 36.4 Å². The van der Waals surface area contributed by atoms with Crippen LogP contribution >= 0.6 is 0 Å². The van der Waals surface area contributed by atoms with Crippen LogP contribution in [0.15, 0.2) is 53.2 Å². The van der Waals surface area contributed by atoms with Gasteiger partial charge < -0.3 is 19.4 Å². The van der Waals surface area contributed by atoms with Crippen molar-refractivity contribution in [3.05, 3.63) is 60.1 Å². The molecule has 2 aromatic rings. The molecule has 1 unspecified atom stereocenters. The summed E-state index contributed by atoms with van der Waals surface area (Å²) < 4.78 is 10.4. The number of carbonyl (C=O) groups is 2. The number of amides is 2. The molecule has 6 heteroatoms. The van der Waals surface area contributed by atoms with Crippen molar-refractivity contribution in [2.24, 2.45) is 5.92 Å². The molecule has 1 saturated carbocycles. The van der Waals surface area contributed by atoms with Crippen molar-refractivity contribution in [2.75, 3.05) is 13.7 Å². The lowest BCUT2D eigenvalue weighted by Crippen LogP contribution is -2.40. The molecular weight excluding hydrogens is 368 g/mol. The van der Waals surface area contributed by atoms with Crippen LogP contribution in [0, 0.1) is 5.92 Å². The average Bonchev–Trinajstić information content (AvgIpc) is 3.46. The molecule has 0 aliphatic heterocycles. The fourth-order valence-electron chi connectivity index (χ4n) is 3.26. The zero-order chi connectivity index (χ0) is 20.6. The number of hydrogen-bond donors (Lipinski definition) is 1. The summed E-state index contributed by atoms with van der Waals surface area (Å²) in [5.74, 6) is 1.79. The number of hydrogen-bond acceptors (Lipinski definition) is 4. The van der Waals surface area contributed by atoms with E-state index in [2.05, 4.69) is 12.2 Å². The summed E-state index contributed by atoms with van der Waals surface area (Å²) in [7, 11) is 1.64. The quantitative estimate of drug-likeness (QED) is 0.623. The highest BCUT2D eigenvalue weighted by Gasteiger charge is 2.34. The van der Waals surface area contributed by atoms with Crippen LogP contribution in [0.25, 0.3) is 6.08 Å². The SMILES string of the molecule is COc1ccc(CN(C(=O)CCNC(=O)/C=C/c2ccco2)C(C)C2CC2)cc1. The minimum atomic E-state index is -0.244. The molecule has 1 N–H and O–H groups in total. The van der Waals surface area contributed by atoms with Crippen molar-refractivity contribution in [2.45, 2.75) is 38.8 Å². The third kappa shape index (κ3) is 6.24. The van der Waals surface area contributed by atoms with Gasteiger partial charge in [-0.3, -0.25) is 9.59 Å². The van der Waals surface area contributed by atoms with Crippen LogP contribution in [-0.2, 0) is 16.1 Å². The molecule has 1 aliphatic rings. The highest BCUT2D eigenvalue weighted by molar-refractivity contribution is 5.91. The van der Waals surface area contributed by atoms with Crippen molar-refractivity contribution in [1.82, 2.24) is 10.2 Å². The van der Waals surface area contributed by atoms with Gasteiger partial charge in [-0.05, 0) is 61.6 Å². The third-order valence-corrected chi connectivity index (χ3v) is 5.21. The third-order valence-electron chi connectivity index (χ3n) is 5.21. The Morgan fingerprint density at radius 3 is 2.66 bits per heavy atom.